The molecule has 0 unspecified atom stereocenters. The van der Waals surface area contributed by atoms with Crippen LogP contribution in [0, 0.1) is 42.9 Å². The van der Waals surface area contributed by atoms with Crippen LogP contribution in [0.5, 0.6) is 0 Å². The van der Waals surface area contributed by atoms with E-state index in [1.54, 1.807) is 0 Å². The van der Waals surface area contributed by atoms with E-state index in [2.05, 4.69) is 28.5 Å². The highest BCUT2D eigenvalue weighted by molar-refractivity contribution is 5.95. The maximum absolute atomic E-state index is 12.7. The lowest BCUT2D eigenvalue weighted by molar-refractivity contribution is 0.0945. The molecular weight excluding hydrogens is 334 g/mol. The number of hydrogen-bond donors (Lipinski definition) is 1. The van der Waals surface area contributed by atoms with Gasteiger partial charge in [0.2, 0.25) is 0 Å². The molecule has 2 aliphatic rings. The molecular formula is C23H23N3O. The molecule has 1 amide bonds. The maximum Gasteiger partial charge on any atom is 0.251 e. The minimum Gasteiger partial charge on any atom is -0.352 e. The number of nitrogens with zero attached hydrogens (tertiary/aromatic N) is 2. The molecule has 4 rings (SSSR count). The monoisotopic (exact) mass is 357 g/mol. The van der Waals surface area contributed by atoms with Crippen molar-refractivity contribution in [2.45, 2.75) is 26.7 Å². The van der Waals surface area contributed by atoms with Gasteiger partial charge in [-0.05, 0) is 68.2 Å². The Hall–Kier alpha value is -2.93. The number of carbonyl (C=O) groups excluding carboxylic acids is 1. The summed E-state index contributed by atoms with van der Waals surface area (Å²) < 4.78 is 0. The van der Waals surface area contributed by atoms with Crippen molar-refractivity contribution in [1.29, 1.82) is 5.26 Å². The molecule has 0 radical (unpaired) electrons. The first kappa shape index (κ1) is 17.5. The third-order valence-electron chi connectivity index (χ3n) is 5.80. The van der Waals surface area contributed by atoms with Crippen molar-refractivity contribution in [2.24, 2.45) is 17.8 Å². The Morgan fingerprint density at radius 1 is 1.26 bits per heavy atom. The average Bonchev–Trinajstić information content (AvgIpc) is 3.29. The number of benzene rings is 1. The van der Waals surface area contributed by atoms with E-state index in [0.29, 0.717) is 34.6 Å². The minimum atomic E-state index is -0.0634. The summed E-state index contributed by atoms with van der Waals surface area (Å²) in [5.41, 5.74) is 4.37. The van der Waals surface area contributed by atoms with Gasteiger partial charge in [0.1, 0.15) is 6.07 Å². The summed E-state index contributed by atoms with van der Waals surface area (Å²) in [5.74, 6) is 1.82. The lowest BCUT2D eigenvalue weighted by atomic mass is 9.93. The van der Waals surface area contributed by atoms with Crippen LogP contribution in [0.25, 0.3) is 11.3 Å². The van der Waals surface area contributed by atoms with Crippen molar-refractivity contribution in [3.63, 3.8) is 0 Å². The minimum absolute atomic E-state index is 0.0634. The predicted molar refractivity (Wildman–Crippen MR) is 105 cm³/mol. The number of carbonyl (C=O) groups is 1. The lowest BCUT2D eigenvalue weighted by Gasteiger charge is -2.18. The third kappa shape index (κ3) is 3.38. The smallest absolute Gasteiger partial charge is 0.251 e. The van der Waals surface area contributed by atoms with Crippen molar-refractivity contribution in [3.8, 4) is 17.3 Å². The molecule has 4 heteroatoms. The van der Waals surface area contributed by atoms with Crippen LogP contribution in [0.15, 0.2) is 42.5 Å². The fourth-order valence-corrected chi connectivity index (χ4v) is 4.45. The molecule has 1 fully saturated rings. The molecule has 2 aliphatic carbocycles. The first-order valence-electron chi connectivity index (χ1n) is 9.50. The van der Waals surface area contributed by atoms with Gasteiger partial charge in [0.05, 0.1) is 11.3 Å². The second kappa shape index (κ2) is 7.00. The van der Waals surface area contributed by atoms with E-state index < -0.39 is 0 Å². The molecule has 1 saturated carbocycles. The number of aryl methyl sites for hydroxylation is 2. The number of nitriles is 1. The summed E-state index contributed by atoms with van der Waals surface area (Å²) in [6.07, 6.45) is 7.04. The molecule has 136 valence electrons. The summed E-state index contributed by atoms with van der Waals surface area (Å²) in [5, 5.41) is 12.6. The number of hydrogen-bond acceptors (Lipinski definition) is 3. The normalized spacial score (nSPS) is 22.6. The van der Waals surface area contributed by atoms with Gasteiger partial charge in [0.15, 0.2) is 0 Å². The molecule has 27 heavy (non-hydrogen) atoms. The van der Waals surface area contributed by atoms with Crippen LogP contribution in [0.3, 0.4) is 0 Å². The summed E-state index contributed by atoms with van der Waals surface area (Å²) in [6.45, 7) is 4.55. The van der Waals surface area contributed by atoms with E-state index in [1.165, 1.54) is 12.8 Å². The van der Waals surface area contributed by atoms with Crippen LogP contribution in [0.1, 0.15) is 40.0 Å². The van der Waals surface area contributed by atoms with Crippen molar-refractivity contribution in [2.75, 3.05) is 6.54 Å². The van der Waals surface area contributed by atoms with Crippen molar-refractivity contribution >= 4 is 5.91 Å². The Morgan fingerprint density at radius 3 is 2.81 bits per heavy atom. The van der Waals surface area contributed by atoms with Crippen LogP contribution in [-0.2, 0) is 0 Å². The molecule has 0 aliphatic heterocycles. The van der Waals surface area contributed by atoms with Crippen LogP contribution in [0.4, 0.5) is 0 Å². The summed E-state index contributed by atoms with van der Waals surface area (Å²) in [6, 6.07) is 11.6. The Balaban J connectivity index is 1.53. The van der Waals surface area contributed by atoms with Gasteiger partial charge in [-0.2, -0.15) is 5.26 Å². The lowest BCUT2D eigenvalue weighted by Crippen LogP contribution is -2.30. The van der Waals surface area contributed by atoms with Crippen LogP contribution in [-0.4, -0.2) is 17.4 Å². The standard InChI is InChI=1S/C23H23N3O/c1-14-8-15(2)26-22(21(14)12-24)18-4-3-5-19(11-18)23(27)25-13-20-10-16-6-7-17(20)9-16/h3-8,11,16-17,20H,9-10,13H2,1-2H3,(H,25,27)/t16-,17+,20+/m1/s1. The number of amides is 1. The number of nitrogens with one attached hydrogen (secondary N) is 1. The number of rotatable bonds is 4. The van der Waals surface area contributed by atoms with Gasteiger partial charge < -0.3 is 5.32 Å². The molecule has 4 nitrogen and oxygen atoms in total. The highest BCUT2D eigenvalue weighted by Crippen LogP contribution is 2.43. The fraction of sp³-hybridized carbons (Fsp3) is 0.348. The molecule has 1 aromatic carbocycles. The van der Waals surface area contributed by atoms with Crippen molar-refractivity contribution < 1.29 is 4.79 Å². The Bertz CT molecular complexity index is 970. The molecule has 3 atom stereocenters. The Kier molecular flexibility index (Phi) is 4.53. The zero-order chi connectivity index (χ0) is 19.0. The highest BCUT2D eigenvalue weighted by atomic mass is 16.1. The Morgan fingerprint density at radius 2 is 2.11 bits per heavy atom. The second-order valence-electron chi connectivity index (χ2n) is 7.75. The first-order valence-corrected chi connectivity index (χ1v) is 9.50. The number of aromatic nitrogens is 1. The molecule has 2 bridgehead atoms. The maximum atomic E-state index is 12.7. The van der Waals surface area contributed by atoms with E-state index >= 15 is 0 Å². The average molecular weight is 357 g/mol. The Labute approximate surface area is 159 Å². The van der Waals surface area contributed by atoms with Crippen LogP contribution < -0.4 is 5.32 Å². The van der Waals surface area contributed by atoms with E-state index in [4.69, 9.17) is 0 Å². The van der Waals surface area contributed by atoms with E-state index in [1.807, 2.05) is 44.2 Å². The quantitative estimate of drug-likeness (QED) is 0.835. The van der Waals surface area contributed by atoms with Gasteiger partial charge in [0.25, 0.3) is 5.91 Å². The zero-order valence-corrected chi connectivity index (χ0v) is 15.7. The SMILES string of the molecule is Cc1cc(C)c(C#N)c(-c2cccc(C(=O)NC[C@@H]3C[C@@H]4C=C[C@H]3C4)c2)n1. The molecule has 0 spiro atoms. The zero-order valence-electron chi connectivity index (χ0n) is 15.7. The summed E-state index contributed by atoms with van der Waals surface area (Å²) >= 11 is 0. The van der Waals surface area contributed by atoms with E-state index in [9.17, 15) is 10.1 Å². The van der Waals surface area contributed by atoms with Gasteiger partial charge in [-0.3, -0.25) is 9.78 Å². The van der Waals surface area contributed by atoms with Crippen LogP contribution >= 0.6 is 0 Å². The van der Waals surface area contributed by atoms with Gasteiger partial charge in [-0.1, -0.05) is 24.3 Å². The van der Waals surface area contributed by atoms with E-state index in [0.717, 1.165) is 23.4 Å². The summed E-state index contributed by atoms with van der Waals surface area (Å²) in [4.78, 5) is 17.2. The molecule has 2 aromatic rings. The third-order valence-corrected chi connectivity index (χ3v) is 5.80. The number of allylic oxidation sites excluding steroid dienone is 2. The van der Waals surface area contributed by atoms with E-state index in [-0.39, 0.29) is 5.91 Å². The topological polar surface area (TPSA) is 65.8 Å². The van der Waals surface area contributed by atoms with Crippen molar-refractivity contribution in [3.05, 3.63) is 64.9 Å². The number of fused-ring (bicyclic) bond motifs is 2. The van der Waals surface area contributed by atoms with Gasteiger partial charge in [0, 0.05) is 23.4 Å². The molecule has 1 N–H and O–H groups in total. The fourth-order valence-electron chi connectivity index (χ4n) is 4.45. The second-order valence-corrected chi connectivity index (χ2v) is 7.75. The molecule has 1 heterocycles. The van der Waals surface area contributed by atoms with Gasteiger partial charge >= 0.3 is 0 Å². The summed E-state index contributed by atoms with van der Waals surface area (Å²) in [7, 11) is 0. The predicted octanol–water partition coefficient (Wildman–Crippen LogP) is 4.18. The number of pyridine rings is 1. The van der Waals surface area contributed by atoms with Crippen LogP contribution in [0.2, 0.25) is 0 Å². The molecule has 1 aromatic heterocycles. The first-order chi connectivity index (χ1) is 13.0. The molecule has 0 saturated heterocycles. The largest absolute Gasteiger partial charge is 0.352 e. The van der Waals surface area contributed by atoms with Gasteiger partial charge in [-0.25, -0.2) is 0 Å². The van der Waals surface area contributed by atoms with Crippen molar-refractivity contribution in [1.82, 2.24) is 10.3 Å². The van der Waals surface area contributed by atoms with Gasteiger partial charge in [-0.15, -0.1) is 0 Å². The highest BCUT2D eigenvalue weighted by Gasteiger charge is 2.35.